The number of hydrogen-bond donors (Lipinski definition) is 3. The van der Waals surface area contributed by atoms with Crippen LogP contribution < -0.4 is 10.6 Å². The summed E-state index contributed by atoms with van der Waals surface area (Å²) in [5, 5.41) is 18.3. The van der Waals surface area contributed by atoms with Crippen LogP contribution in [0.2, 0.25) is 0 Å². The molecule has 1 aromatic rings. The van der Waals surface area contributed by atoms with Crippen molar-refractivity contribution in [2.24, 2.45) is 0 Å². The molecule has 0 saturated carbocycles. The highest BCUT2D eigenvalue weighted by Crippen LogP contribution is 2.13. The molecule has 0 aliphatic carbocycles. The van der Waals surface area contributed by atoms with Gasteiger partial charge in [-0.15, -0.1) is 11.3 Å². The summed E-state index contributed by atoms with van der Waals surface area (Å²) in [6, 6.07) is 0. The predicted molar refractivity (Wildman–Crippen MR) is 59.9 cm³/mol. The van der Waals surface area contributed by atoms with E-state index in [4.69, 9.17) is 5.11 Å². The molecular formula is C9H17N3OS. The van der Waals surface area contributed by atoms with E-state index in [0.717, 1.165) is 23.9 Å². The highest BCUT2D eigenvalue weighted by Gasteiger charge is 1.97. The van der Waals surface area contributed by atoms with Crippen molar-refractivity contribution in [2.75, 3.05) is 25.0 Å². The molecule has 1 aromatic heterocycles. The number of thiazole rings is 1. The van der Waals surface area contributed by atoms with Gasteiger partial charge >= 0.3 is 0 Å². The van der Waals surface area contributed by atoms with Gasteiger partial charge in [-0.1, -0.05) is 0 Å². The fourth-order valence-electron chi connectivity index (χ4n) is 1.00. The molecule has 3 N–H and O–H groups in total. The Morgan fingerprint density at radius 3 is 2.93 bits per heavy atom. The molecule has 1 unspecified atom stereocenters. The van der Waals surface area contributed by atoms with Crippen LogP contribution in [-0.2, 0) is 0 Å². The average molecular weight is 215 g/mol. The summed E-state index contributed by atoms with van der Waals surface area (Å²) < 4.78 is 0. The molecule has 5 heteroatoms. The van der Waals surface area contributed by atoms with Crippen LogP contribution in [0.1, 0.15) is 12.6 Å². The maximum atomic E-state index is 8.98. The van der Waals surface area contributed by atoms with Crippen molar-refractivity contribution in [2.45, 2.75) is 20.0 Å². The van der Waals surface area contributed by atoms with Crippen LogP contribution in [0, 0.1) is 6.92 Å². The van der Waals surface area contributed by atoms with E-state index in [9.17, 15) is 0 Å². The smallest absolute Gasteiger partial charge is 0.182 e. The second-order valence-electron chi connectivity index (χ2n) is 3.27. The summed E-state index contributed by atoms with van der Waals surface area (Å²) >= 11 is 1.61. The van der Waals surface area contributed by atoms with Crippen LogP contribution in [0.25, 0.3) is 0 Å². The van der Waals surface area contributed by atoms with Crippen LogP contribution in [0.15, 0.2) is 5.38 Å². The van der Waals surface area contributed by atoms with Gasteiger partial charge in [-0.3, -0.25) is 0 Å². The van der Waals surface area contributed by atoms with E-state index in [1.54, 1.807) is 18.3 Å². The third-order valence-corrected chi connectivity index (χ3v) is 2.55. The SMILES string of the molecule is Cc1csc(NCCNCC(C)O)n1. The first-order chi connectivity index (χ1) is 6.68. The molecule has 0 radical (unpaired) electrons. The number of nitrogens with zero attached hydrogens (tertiary/aromatic N) is 1. The Balaban J connectivity index is 2.04. The van der Waals surface area contributed by atoms with Crippen molar-refractivity contribution in [1.29, 1.82) is 0 Å². The molecule has 1 rings (SSSR count). The number of hydrogen-bond acceptors (Lipinski definition) is 5. The molecule has 1 atom stereocenters. The van der Waals surface area contributed by atoms with Crippen LogP contribution in [0.4, 0.5) is 5.13 Å². The van der Waals surface area contributed by atoms with Crippen molar-refractivity contribution < 1.29 is 5.11 Å². The van der Waals surface area contributed by atoms with Gasteiger partial charge in [0.2, 0.25) is 0 Å². The second kappa shape index (κ2) is 5.95. The Morgan fingerprint density at radius 1 is 1.57 bits per heavy atom. The summed E-state index contributed by atoms with van der Waals surface area (Å²) in [5.74, 6) is 0. The molecule has 0 aliphatic rings. The lowest BCUT2D eigenvalue weighted by atomic mass is 10.4. The van der Waals surface area contributed by atoms with Gasteiger partial charge in [0, 0.05) is 25.0 Å². The Kier molecular flexibility index (Phi) is 4.86. The molecule has 1 heterocycles. The van der Waals surface area contributed by atoms with E-state index in [1.807, 2.05) is 12.3 Å². The van der Waals surface area contributed by atoms with E-state index >= 15 is 0 Å². The first-order valence-electron chi connectivity index (χ1n) is 4.73. The first-order valence-corrected chi connectivity index (χ1v) is 5.61. The zero-order chi connectivity index (χ0) is 10.4. The molecule has 14 heavy (non-hydrogen) atoms. The minimum Gasteiger partial charge on any atom is -0.392 e. The summed E-state index contributed by atoms with van der Waals surface area (Å²) in [6.07, 6.45) is -0.280. The van der Waals surface area contributed by atoms with Crippen molar-refractivity contribution >= 4 is 16.5 Å². The Bertz CT molecular complexity index is 262. The van der Waals surface area contributed by atoms with Crippen molar-refractivity contribution in [3.05, 3.63) is 11.1 Å². The van der Waals surface area contributed by atoms with Gasteiger partial charge in [0.15, 0.2) is 5.13 Å². The van der Waals surface area contributed by atoms with Gasteiger partial charge in [0.1, 0.15) is 0 Å². The summed E-state index contributed by atoms with van der Waals surface area (Å²) in [7, 11) is 0. The lowest BCUT2D eigenvalue weighted by molar-refractivity contribution is 0.192. The zero-order valence-electron chi connectivity index (χ0n) is 8.58. The standard InChI is InChI=1S/C9H17N3OS/c1-7-6-14-9(12-7)11-4-3-10-5-8(2)13/h6,8,10,13H,3-5H2,1-2H3,(H,11,12). The summed E-state index contributed by atoms with van der Waals surface area (Å²) in [5.41, 5.74) is 1.05. The number of rotatable bonds is 6. The fraction of sp³-hybridized carbons (Fsp3) is 0.667. The van der Waals surface area contributed by atoms with Gasteiger partial charge in [-0.25, -0.2) is 4.98 Å². The number of aromatic nitrogens is 1. The minimum atomic E-state index is -0.280. The van der Waals surface area contributed by atoms with Crippen molar-refractivity contribution in [3.63, 3.8) is 0 Å². The quantitative estimate of drug-likeness (QED) is 0.615. The van der Waals surface area contributed by atoms with Crippen molar-refractivity contribution in [3.8, 4) is 0 Å². The van der Waals surface area contributed by atoms with Gasteiger partial charge < -0.3 is 15.7 Å². The third kappa shape index (κ3) is 4.55. The first kappa shape index (κ1) is 11.4. The van der Waals surface area contributed by atoms with E-state index in [-0.39, 0.29) is 6.10 Å². The number of aliphatic hydroxyl groups is 1. The van der Waals surface area contributed by atoms with Crippen molar-refractivity contribution in [1.82, 2.24) is 10.3 Å². The highest BCUT2D eigenvalue weighted by atomic mass is 32.1. The number of aliphatic hydroxyl groups excluding tert-OH is 1. The third-order valence-electron chi connectivity index (χ3n) is 1.64. The van der Waals surface area contributed by atoms with E-state index < -0.39 is 0 Å². The van der Waals surface area contributed by atoms with Crippen LogP contribution in [0.3, 0.4) is 0 Å². The summed E-state index contributed by atoms with van der Waals surface area (Å²) in [6.45, 7) is 6.06. The molecule has 0 spiro atoms. The monoisotopic (exact) mass is 215 g/mol. The van der Waals surface area contributed by atoms with E-state index in [0.29, 0.717) is 6.54 Å². The molecule has 0 amide bonds. The van der Waals surface area contributed by atoms with E-state index in [2.05, 4.69) is 15.6 Å². The Hall–Kier alpha value is -0.650. The molecular weight excluding hydrogens is 198 g/mol. The lowest BCUT2D eigenvalue weighted by Gasteiger charge is -2.06. The lowest BCUT2D eigenvalue weighted by Crippen LogP contribution is -2.28. The van der Waals surface area contributed by atoms with Crippen LogP contribution in [0.5, 0.6) is 0 Å². The second-order valence-corrected chi connectivity index (χ2v) is 4.13. The van der Waals surface area contributed by atoms with Gasteiger partial charge in [0.25, 0.3) is 0 Å². The number of anilines is 1. The van der Waals surface area contributed by atoms with Gasteiger partial charge in [-0.2, -0.15) is 0 Å². The number of aryl methyl sites for hydroxylation is 1. The summed E-state index contributed by atoms with van der Waals surface area (Å²) in [4.78, 5) is 4.27. The molecule has 0 aromatic carbocycles. The normalized spacial score (nSPS) is 12.8. The zero-order valence-corrected chi connectivity index (χ0v) is 9.40. The molecule has 0 aliphatic heterocycles. The maximum absolute atomic E-state index is 8.98. The van der Waals surface area contributed by atoms with Crippen LogP contribution >= 0.6 is 11.3 Å². The van der Waals surface area contributed by atoms with Gasteiger partial charge in [0.05, 0.1) is 11.8 Å². The Labute approximate surface area is 88.4 Å². The number of nitrogens with one attached hydrogen (secondary N) is 2. The van der Waals surface area contributed by atoms with Gasteiger partial charge in [-0.05, 0) is 13.8 Å². The molecule has 4 nitrogen and oxygen atoms in total. The van der Waals surface area contributed by atoms with Crippen LogP contribution in [-0.4, -0.2) is 35.8 Å². The Morgan fingerprint density at radius 2 is 2.36 bits per heavy atom. The van der Waals surface area contributed by atoms with E-state index in [1.165, 1.54) is 0 Å². The minimum absolute atomic E-state index is 0.280. The molecule has 0 saturated heterocycles. The topological polar surface area (TPSA) is 57.2 Å². The molecule has 80 valence electrons. The average Bonchev–Trinajstić information content (AvgIpc) is 2.50. The fourth-order valence-corrected chi connectivity index (χ4v) is 1.72. The maximum Gasteiger partial charge on any atom is 0.182 e. The highest BCUT2D eigenvalue weighted by molar-refractivity contribution is 7.13. The predicted octanol–water partition coefficient (Wildman–Crippen LogP) is 0.834. The molecule has 0 bridgehead atoms. The molecule has 0 fully saturated rings. The largest absolute Gasteiger partial charge is 0.392 e.